The smallest absolute Gasteiger partial charge is 0.317 e. The molecular weight excluding hydrogens is 192 g/mol. The molecule has 88 valence electrons. The Balaban J connectivity index is 2.34. The van der Waals surface area contributed by atoms with Gasteiger partial charge in [-0.25, -0.2) is 4.79 Å². The molecule has 0 bridgehead atoms. The summed E-state index contributed by atoms with van der Waals surface area (Å²) in [5.41, 5.74) is 0. The van der Waals surface area contributed by atoms with Gasteiger partial charge in [-0.3, -0.25) is 0 Å². The molecule has 1 atom stereocenters. The number of nitrogens with one attached hydrogen (secondary N) is 1. The van der Waals surface area contributed by atoms with Crippen LogP contribution in [0.2, 0.25) is 0 Å². The standard InChI is InChI=1S/C11H22N2O2/c1-2-3-7-12-11(15)13-8-5-4-6-10(13)9-14/h10,14H,2-9H2,1H3,(H,12,15). The molecule has 2 N–H and O–H groups in total. The van der Waals surface area contributed by atoms with Crippen LogP contribution in [-0.4, -0.2) is 41.8 Å². The normalized spacial score (nSPS) is 21.5. The second-order valence-corrected chi connectivity index (χ2v) is 4.11. The Morgan fingerprint density at radius 2 is 2.33 bits per heavy atom. The van der Waals surface area contributed by atoms with Crippen molar-refractivity contribution in [3.8, 4) is 0 Å². The van der Waals surface area contributed by atoms with E-state index in [9.17, 15) is 4.79 Å². The van der Waals surface area contributed by atoms with Crippen LogP contribution in [0.15, 0.2) is 0 Å². The fourth-order valence-electron chi connectivity index (χ4n) is 1.93. The molecule has 0 radical (unpaired) electrons. The van der Waals surface area contributed by atoms with Gasteiger partial charge in [0.2, 0.25) is 0 Å². The maximum absolute atomic E-state index is 11.7. The highest BCUT2D eigenvalue weighted by Gasteiger charge is 2.25. The highest BCUT2D eigenvalue weighted by molar-refractivity contribution is 5.74. The second-order valence-electron chi connectivity index (χ2n) is 4.11. The van der Waals surface area contributed by atoms with Crippen LogP contribution in [-0.2, 0) is 0 Å². The van der Waals surface area contributed by atoms with Crippen LogP contribution < -0.4 is 5.32 Å². The summed E-state index contributed by atoms with van der Waals surface area (Å²) in [4.78, 5) is 13.5. The first kappa shape index (κ1) is 12.3. The maximum Gasteiger partial charge on any atom is 0.317 e. The van der Waals surface area contributed by atoms with Gasteiger partial charge in [0, 0.05) is 13.1 Å². The monoisotopic (exact) mass is 214 g/mol. The van der Waals surface area contributed by atoms with Crippen molar-refractivity contribution in [1.82, 2.24) is 10.2 Å². The zero-order valence-corrected chi connectivity index (χ0v) is 9.54. The van der Waals surface area contributed by atoms with E-state index in [1.54, 1.807) is 4.90 Å². The van der Waals surface area contributed by atoms with Crippen LogP contribution in [0.4, 0.5) is 4.79 Å². The lowest BCUT2D eigenvalue weighted by Gasteiger charge is -2.34. The predicted molar refractivity (Wildman–Crippen MR) is 59.7 cm³/mol. The Morgan fingerprint density at radius 1 is 1.53 bits per heavy atom. The van der Waals surface area contributed by atoms with Crippen molar-refractivity contribution in [2.75, 3.05) is 19.7 Å². The fraction of sp³-hybridized carbons (Fsp3) is 0.909. The molecule has 4 nitrogen and oxygen atoms in total. The molecule has 0 aliphatic carbocycles. The van der Waals surface area contributed by atoms with E-state index in [0.717, 1.165) is 45.2 Å². The minimum atomic E-state index is -0.0119. The lowest BCUT2D eigenvalue weighted by Crippen LogP contribution is -2.50. The van der Waals surface area contributed by atoms with Gasteiger partial charge in [0.05, 0.1) is 12.6 Å². The van der Waals surface area contributed by atoms with Gasteiger partial charge in [0.1, 0.15) is 0 Å². The van der Waals surface area contributed by atoms with E-state index in [4.69, 9.17) is 5.11 Å². The Morgan fingerprint density at radius 3 is 3.00 bits per heavy atom. The molecule has 0 aromatic heterocycles. The Kier molecular flexibility index (Phi) is 5.47. The van der Waals surface area contributed by atoms with Gasteiger partial charge in [-0.05, 0) is 25.7 Å². The van der Waals surface area contributed by atoms with Gasteiger partial charge in [-0.2, -0.15) is 0 Å². The molecule has 1 heterocycles. The average molecular weight is 214 g/mol. The number of rotatable bonds is 4. The maximum atomic E-state index is 11.7. The highest BCUT2D eigenvalue weighted by atomic mass is 16.3. The molecule has 1 unspecified atom stereocenters. The molecule has 1 fully saturated rings. The number of aliphatic hydroxyl groups excluding tert-OH is 1. The van der Waals surface area contributed by atoms with E-state index in [1.807, 2.05) is 0 Å². The van der Waals surface area contributed by atoms with E-state index >= 15 is 0 Å². The summed E-state index contributed by atoms with van der Waals surface area (Å²) >= 11 is 0. The third kappa shape index (κ3) is 3.70. The van der Waals surface area contributed by atoms with E-state index in [2.05, 4.69) is 12.2 Å². The minimum Gasteiger partial charge on any atom is -0.394 e. The Labute approximate surface area is 91.6 Å². The summed E-state index contributed by atoms with van der Waals surface area (Å²) in [6, 6.07) is 0.0163. The number of carbonyl (C=O) groups is 1. The summed E-state index contributed by atoms with van der Waals surface area (Å²) in [7, 11) is 0. The number of amides is 2. The first-order chi connectivity index (χ1) is 7.29. The molecule has 0 aromatic carbocycles. The summed E-state index contributed by atoms with van der Waals surface area (Å²) in [5.74, 6) is 0. The second kappa shape index (κ2) is 6.67. The van der Waals surface area contributed by atoms with Crippen molar-refractivity contribution >= 4 is 6.03 Å². The van der Waals surface area contributed by atoms with E-state index < -0.39 is 0 Å². The third-order valence-electron chi connectivity index (χ3n) is 2.91. The third-order valence-corrected chi connectivity index (χ3v) is 2.91. The van der Waals surface area contributed by atoms with Crippen molar-refractivity contribution in [1.29, 1.82) is 0 Å². The Bertz CT molecular complexity index is 197. The topological polar surface area (TPSA) is 52.6 Å². The van der Waals surface area contributed by atoms with Crippen LogP contribution in [0.3, 0.4) is 0 Å². The lowest BCUT2D eigenvalue weighted by atomic mass is 10.0. The molecule has 2 amide bonds. The van der Waals surface area contributed by atoms with Gasteiger partial charge in [0.25, 0.3) is 0 Å². The number of urea groups is 1. The number of carbonyl (C=O) groups excluding carboxylic acids is 1. The predicted octanol–water partition coefficient (Wildman–Crippen LogP) is 1.34. The molecule has 4 heteroatoms. The number of hydrogen-bond donors (Lipinski definition) is 2. The Hall–Kier alpha value is -0.770. The first-order valence-electron chi connectivity index (χ1n) is 5.95. The summed E-state index contributed by atoms with van der Waals surface area (Å²) in [6.45, 7) is 3.71. The quantitative estimate of drug-likeness (QED) is 0.694. The van der Waals surface area contributed by atoms with Crippen molar-refractivity contribution in [2.45, 2.75) is 45.1 Å². The lowest BCUT2D eigenvalue weighted by molar-refractivity contribution is 0.108. The zero-order valence-electron chi connectivity index (χ0n) is 9.54. The number of nitrogens with zero attached hydrogens (tertiary/aromatic N) is 1. The van der Waals surface area contributed by atoms with Crippen molar-refractivity contribution in [3.05, 3.63) is 0 Å². The summed E-state index contributed by atoms with van der Waals surface area (Å²) < 4.78 is 0. The summed E-state index contributed by atoms with van der Waals surface area (Å²) in [5, 5.41) is 12.1. The van der Waals surface area contributed by atoms with Gasteiger partial charge >= 0.3 is 6.03 Å². The molecule has 1 aliphatic rings. The van der Waals surface area contributed by atoms with Crippen molar-refractivity contribution in [2.24, 2.45) is 0 Å². The van der Waals surface area contributed by atoms with E-state index in [1.165, 1.54) is 0 Å². The first-order valence-corrected chi connectivity index (χ1v) is 5.95. The summed E-state index contributed by atoms with van der Waals surface area (Å²) in [6.07, 6.45) is 5.20. The number of hydrogen-bond acceptors (Lipinski definition) is 2. The van der Waals surface area contributed by atoms with Crippen molar-refractivity contribution < 1.29 is 9.90 Å². The zero-order chi connectivity index (χ0) is 11.1. The van der Waals surface area contributed by atoms with Crippen LogP contribution in [0.25, 0.3) is 0 Å². The van der Waals surface area contributed by atoms with Crippen LogP contribution in [0, 0.1) is 0 Å². The van der Waals surface area contributed by atoms with E-state index in [-0.39, 0.29) is 18.7 Å². The van der Waals surface area contributed by atoms with Gasteiger partial charge in [-0.1, -0.05) is 13.3 Å². The number of unbranched alkanes of at least 4 members (excludes halogenated alkanes) is 1. The molecule has 1 rings (SSSR count). The molecule has 15 heavy (non-hydrogen) atoms. The van der Waals surface area contributed by atoms with Gasteiger partial charge < -0.3 is 15.3 Å². The number of aliphatic hydroxyl groups is 1. The SMILES string of the molecule is CCCCNC(=O)N1CCCCC1CO. The largest absolute Gasteiger partial charge is 0.394 e. The molecule has 0 saturated carbocycles. The van der Waals surface area contributed by atoms with Crippen molar-refractivity contribution in [3.63, 3.8) is 0 Å². The molecular formula is C11H22N2O2. The minimum absolute atomic E-state index is 0.0119. The van der Waals surface area contributed by atoms with E-state index in [0.29, 0.717) is 0 Å². The van der Waals surface area contributed by atoms with Gasteiger partial charge in [0.15, 0.2) is 0 Å². The molecule has 0 spiro atoms. The molecule has 0 aromatic rings. The molecule has 1 aliphatic heterocycles. The van der Waals surface area contributed by atoms with Crippen LogP contribution in [0.5, 0.6) is 0 Å². The average Bonchev–Trinajstić information content (AvgIpc) is 2.29. The number of likely N-dealkylation sites (tertiary alicyclic amines) is 1. The van der Waals surface area contributed by atoms with Gasteiger partial charge in [-0.15, -0.1) is 0 Å². The van der Waals surface area contributed by atoms with Crippen LogP contribution >= 0.6 is 0 Å². The van der Waals surface area contributed by atoms with Crippen LogP contribution in [0.1, 0.15) is 39.0 Å². The number of piperidine rings is 1. The fourth-order valence-corrected chi connectivity index (χ4v) is 1.93. The highest BCUT2D eigenvalue weighted by Crippen LogP contribution is 2.16. The molecule has 1 saturated heterocycles.